The van der Waals surface area contributed by atoms with Gasteiger partial charge in [-0.15, -0.1) is 0 Å². The summed E-state index contributed by atoms with van der Waals surface area (Å²) >= 11 is 0. The lowest BCUT2D eigenvalue weighted by Gasteiger charge is -2.34. The van der Waals surface area contributed by atoms with Gasteiger partial charge >= 0.3 is 0 Å². The molecule has 0 fully saturated rings. The number of hydrogen-bond donors (Lipinski definition) is 0. The lowest BCUT2D eigenvalue weighted by Crippen LogP contribution is -2.27. The van der Waals surface area contributed by atoms with Crippen LogP contribution in [0.2, 0.25) is 0 Å². The Balaban J connectivity index is 1.18. The van der Waals surface area contributed by atoms with Gasteiger partial charge in [0.25, 0.3) is 0 Å². The molecule has 1 unspecified atom stereocenters. The summed E-state index contributed by atoms with van der Waals surface area (Å²) in [5, 5.41) is 4.80. The number of nitrogens with zero attached hydrogens (tertiary/aromatic N) is 1. The molecule has 0 saturated heterocycles. The summed E-state index contributed by atoms with van der Waals surface area (Å²) < 4.78 is 8.92. The Hall–Kier alpha value is -6.64. The third-order valence-corrected chi connectivity index (χ3v) is 11.5. The van der Waals surface area contributed by atoms with Crippen LogP contribution >= 0.6 is 0 Å². The number of rotatable bonds is 2. The van der Waals surface area contributed by atoms with Crippen molar-refractivity contribution < 1.29 is 4.42 Å². The second kappa shape index (κ2) is 10.9. The standard InChI is InChI=1S/C50H33NO/c1-32-14-3-2-12-31-50(42-21-8-4-15-35(32)42)43-22-9-5-18-41(43)47-44(50)30-29-39-37-16-6-10-23-45(37)51(48(39)47)34-27-25-33(26-28-34)36-19-13-20-40-38-17-7-11-24-46(38)52-49(36)40/h2-30H,1,31H2/b12-2-,14-3-. The smallest absolute Gasteiger partial charge is 0.143 e. The number of allylic oxidation sites excluding steroid dienone is 5. The maximum absolute atomic E-state index is 6.43. The Bertz CT molecular complexity index is 3000. The molecule has 0 saturated carbocycles. The lowest BCUT2D eigenvalue weighted by molar-refractivity contribution is 0.644. The second-order valence-electron chi connectivity index (χ2n) is 14.1. The fraction of sp³-hybridized carbons (Fsp3) is 0.0400. The SMILES string of the molecule is C=C1/C=C\C=C/CC2(c3ccccc31)c1ccccc1-c1c2ccc2c3ccccc3n(-c3ccc(-c4cccc5c4oc4ccccc45)cc3)c12. The maximum atomic E-state index is 6.43. The van der Waals surface area contributed by atoms with Crippen molar-refractivity contribution in [3.63, 3.8) is 0 Å². The molecule has 1 atom stereocenters. The summed E-state index contributed by atoms with van der Waals surface area (Å²) in [4.78, 5) is 0. The van der Waals surface area contributed by atoms with Crippen LogP contribution in [-0.2, 0) is 5.41 Å². The molecule has 0 amide bonds. The molecule has 2 heteroatoms. The van der Waals surface area contributed by atoms with Crippen LogP contribution in [0, 0.1) is 0 Å². The fourth-order valence-electron chi connectivity index (χ4n) is 9.28. The van der Waals surface area contributed by atoms with E-state index in [4.69, 9.17) is 4.42 Å². The van der Waals surface area contributed by atoms with Crippen molar-refractivity contribution >= 4 is 49.3 Å². The first-order valence-electron chi connectivity index (χ1n) is 18.0. The van der Waals surface area contributed by atoms with E-state index in [9.17, 15) is 0 Å². The molecule has 2 heterocycles. The topological polar surface area (TPSA) is 18.1 Å². The number of hydrogen-bond acceptors (Lipinski definition) is 1. The van der Waals surface area contributed by atoms with Gasteiger partial charge in [-0.1, -0.05) is 158 Å². The average Bonchev–Trinajstić information content (AvgIpc) is 3.85. The summed E-state index contributed by atoms with van der Waals surface area (Å²) in [5.74, 6) is 0. The normalized spacial score (nSPS) is 17.6. The Morgan fingerprint density at radius 3 is 2.10 bits per heavy atom. The lowest BCUT2D eigenvalue weighted by atomic mass is 9.68. The van der Waals surface area contributed by atoms with Crippen molar-refractivity contribution in [2.75, 3.05) is 0 Å². The van der Waals surface area contributed by atoms with Crippen molar-refractivity contribution in [1.29, 1.82) is 0 Å². The number of para-hydroxylation sites is 3. The van der Waals surface area contributed by atoms with Gasteiger partial charge in [0.15, 0.2) is 0 Å². The highest BCUT2D eigenvalue weighted by Crippen LogP contribution is 2.58. The molecular weight excluding hydrogens is 631 g/mol. The molecule has 2 aromatic heterocycles. The van der Waals surface area contributed by atoms with Crippen LogP contribution in [0.3, 0.4) is 0 Å². The molecule has 11 rings (SSSR count). The van der Waals surface area contributed by atoms with Crippen molar-refractivity contribution in [2.45, 2.75) is 11.8 Å². The highest BCUT2D eigenvalue weighted by Gasteiger charge is 2.46. The van der Waals surface area contributed by atoms with Crippen molar-refractivity contribution in [2.24, 2.45) is 0 Å². The van der Waals surface area contributed by atoms with E-state index in [2.05, 4.69) is 175 Å². The van der Waals surface area contributed by atoms with Crippen LogP contribution in [0.25, 0.3) is 77.3 Å². The molecule has 0 N–H and O–H groups in total. The minimum Gasteiger partial charge on any atom is -0.455 e. The zero-order valence-corrected chi connectivity index (χ0v) is 28.5. The van der Waals surface area contributed by atoms with Crippen LogP contribution in [0.15, 0.2) is 187 Å². The van der Waals surface area contributed by atoms with Gasteiger partial charge < -0.3 is 8.98 Å². The Morgan fingerprint density at radius 1 is 0.538 bits per heavy atom. The minimum absolute atomic E-state index is 0.376. The molecular formula is C50H33NO. The van der Waals surface area contributed by atoms with Gasteiger partial charge in [-0.3, -0.25) is 0 Å². The predicted octanol–water partition coefficient (Wildman–Crippen LogP) is 13.2. The van der Waals surface area contributed by atoms with Gasteiger partial charge in [-0.25, -0.2) is 0 Å². The molecule has 7 aromatic carbocycles. The van der Waals surface area contributed by atoms with E-state index < -0.39 is 0 Å². The molecule has 0 bridgehead atoms. The predicted molar refractivity (Wildman–Crippen MR) is 217 cm³/mol. The van der Waals surface area contributed by atoms with E-state index >= 15 is 0 Å². The fourth-order valence-corrected chi connectivity index (χ4v) is 9.28. The van der Waals surface area contributed by atoms with Gasteiger partial charge in [0.2, 0.25) is 0 Å². The quantitative estimate of drug-likeness (QED) is 0.180. The number of fused-ring (bicyclic) bond motifs is 14. The summed E-state index contributed by atoms with van der Waals surface area (Å²) in [6, 6.07) is 55.3. The van der Waals surface area contributed by atoms with E-state index in [1.54, 1.807) is 0 Å². The van der Waals surface area contributed by atoms with E-state index in [1.165, 1.54) is 55.2 Å². The maximum Gasteiger partial charge on any atom is 0.143 e. The molecule has 244 valence electrons. The summed E-state index contributed by atoms with van der Waals surface area (Å²) in [6.07, 6.45) is 9.62. The van der Waals surface area contributed by atoms with Gasteiger partial charge in [-0.05, 0) is 69.6 Å². The van der Waals surface area contributed by atoms with Gasteiger partial charge in [0, 0.05) is 38.4 Å². The molecule has 52 heavy (non-hydrogen) atoms. The highest BCUT2D eigenvalue weighted by atomic mass is 16.3. The largest absolute Gasteiger partial charge is 0.455 e. The Morgan fingerprint density at radius 2 is 1.23 bits per heavy atom. The molecule has 0 aliphatic heterocycles. The Labute approximate surface area is 301 Å². The zero-order valence-electron chi connectivity index (χ0n) is 28.5. The van der Waals surface area contributed by atoms with E-state index in [-0.39, 0.29) is 5.41 Å². The minimum atomic E-state index is -0.376. The molecule has 2 aliphatic carbocycles. The van der Waals surface area contributed by atoms with E-state index in [0.717, 1.165) is 50.7 Å². The third kappa shape index (κ3) is 3.89. The molecule has 2 aliphatic rings. The monoisotopic (exact) mass is 663 g/mol. The van der Waals surface area contributed by atoms with Crippen LogP contribution in [0.5, 0.6) is 0 Å². The first-order chi connectivity index (χ1) is 25.7. The summed E-state index contributed by atoms with van der Waals surface area (Å²) in [7, 11) is 0. The average molecular weight is 664 g/mol. The van der Waals surface area contributed by atoms with Crippen LogP contribution in [0.4, 0.5) is 0 Å². The van der Waals surface area contributed by atoms with Crippen molar-refractivity contribution in [3.05, 3.63) is 205 Å². The third-order valence-electron chi connectivity index (χ3n) is 11.5. The van der Waals surface area contributed by atoms with Crippen LogP contribution in [-0.4, -0.2) is 4.57 Å². The van der Waals surface area contributed by atoms with Crippen molar-refractivity contribution in [3.8, 4) is 27.9 Å². The zero-order chi connectivity index (χ0) is 34.4. The van der Waals surface area contributed by atoms with Crippen LogP contribution < -0.4 is 0 Å². The molecule has 0 radical (unpaired) electrons. The summed E-state index contributed by atoms with van der Waals surface area (Å²) in [6.45, 7) is 4.52. The molecule has 1 spiro atoms. The first-order valence-corrected chi connectivity index (χ1v) is 18.0. The number of aromatic nitrogens is 1. The van der Waals surface area contributed by atoms with Gasteiger partial charge in [-0.2, -0.15) is 0 Å². The van der Waals surface area contributed by atoms with E-state index in [1.807, 2.05) is 12.1 Å². The molecule has 2 nitrogen and oxygen atoms in total. The number of furan rings is 1. The highest BCUT2D eigenvalue weighted by molar-refractivity contribution is 6.16. The van der Waals surface area contributed by atoms with Gasteiger partial charge in [0.1, 0.15) is 11.2 Å². The second-order valence-corrected chi connectivity index (χ2v) is 14.1. The van der Waals surface area contributed by atoms with Gasteiger partial charge in [0.05, 0.1) is 16.4 Å². The first kappa shape index (κ1) is 29.1. The number of benzene rings is 7. The van der Waals surface area contributed by atoms with Crippen molar-refractivity contribution in [1.82, 2.24) is 4.57 Å². The van der Waals surface area contributed by atoms with E-state index in [0.29, 0.717) is 0 Å². The van der Waals surface area contributed by atoms with Crippen LogP contribution in [0.1, 0.15) is 28.7 Å². The molecule has 9 aromatic rings. The summed E-state index contributed by atoms with van der Waals surface area (Å²) in [5.41, 5.74) is 16.1. The Kier molecular flexibility index (Phi) is 6.12.